The van der Waals surface area contributed by atoms with Gasteiger partial charge in [-0.15, -0.1) is 0 Å². The number of para-hydroxylation sites is 1. The van der Waals surface area contributed by atoms with Crippen LogP contribution in [-0.4, -0.2) is 27.4 Å². The summed E-state index contributed by atoms with van der Waals surface area (Å²) < 4.78 is 39.7. The van der Waals surface area contributed by atoms with Gasteiger partial charge in [0, 0.05) is 24.1 Å². The number of alkyl halides is 3. The molecule has 130 valence electrons. The van der Waals surface area contributed by atoms with E-state index < -0.39 is 24.4 Å². The Balaban J connectivity index is 2.14. The van der Waals surface area contributed by atoms with Crippen LogP contribution in [0.4, 0.5) is 18.9 Å². The van der Waals surface area contributed by atoms with Gasteiger partial charge in [0.25, 0.3) is 0 Å². The zero-order valence-electron chi connectivity index (χ0n) is 13.1. The first-order valence-electron chi connectivity index (χ1n) is 7.47. The largest absolute Gasteiger partial charge is 0.435 e. The highest BCUT2D eigenvalue weighted by Gasteiger charge is 2.37. The number of nitrogens with zero attached hydrogens (tertiary/aromatic N) is 2. The number of aliphatic hydroxyl groups excluding tert-OH is 1. The molecule has 0 spiro atoms. The molecule has 2 N–H and O–H groups in total. The lowest BCUT2D eigenvalue weighted by molar-refractivity contribution is -0.142. The van der Waals surface area contributed by atoms with Gasteiger partial charge >= 0.3 is 6.18 Å². The maximum atomic E-state index is 12.9. The summed E-state index contributed by atoms with van der Waals surface area (Å²) in [5.74, 6) is -0.470. The number of nitrogens with one attached hydrogen (secondary N) is 1. The quantitative estimate of drug-likeness (QED) is 0.849. The Morgan fingerprint density at radius 1 is 1.29 bits per heavy atom. The highest BCUT2D eigenvalue weighted by Crippen LogP contribution is 2.30. The second-order valence-corrected chi connectivity index (χ2v) is 5.23. The Morgan fingerprint density at radius 3 is 2.62 bits per heavy atom. The van der Waals surface area contributed by atoms with E-state index in [9.17, 15) is 18.0 Å². The van der Waals surface area contributed by atoms with Crippen molar-refractivity contribution in [3.05, 3.63) is 47.3 Å². The molecule has 0 radical (unpaired) electrons. The van der Waals surface area contributed by atoms with E-state index in [2.05, 4.69) is 10.4 Å². The predicted octanol–water partition coefficient (Wildman–Crippen LogP) is 2.64. The van der Waals surface area contributed by atoms with Crippen LogP contribution in [0.5, 0.6) is 0 Å². The van der Waals surface area contributed by atoms with Crippen LogP contribution in [0.1, 0.15) is 23.7 Å². The number of hydrogen-bond donors (Lipinski definition) is 2. The number of amides is 1. The number of rotatable bonds is 6. The van der Waals surface area contributed by atoms with Crippen molar-refractivity contribution in [2.75, 3.05) is 11.9 Å². The molecule has 2 aromatic rings. The second-order valence-electron chi connectivity index (χ2n) is 5.23. The molecule has 1 heterocycles. The fraction of sp³-hybridized carbons (Fsp3) is 0.375. The number of hydrogen-bond acceptors (Lipinski definition) is 3. The topological polar surface area (TPSA) is 67.2 Å². The van der Waals surface area contributed by atoms with Gasteiger partial charge in [-0.2, -0.15) is 18.3 Å². The zero-order chi connectivity index (χ0) is 17.7. The third kappa shape index (κ3) is 4.35. The lowest BCUT2D eigenvalue weighted by Gasteiger charge is -2.09. The minimum atomic E-state index is -4.62. The summed E-state index contributed by atoms with van der Waals surface area (Å²) in [5, 5.41) is 15.0. The minimum Gasteiger partial charge on any atom is -0.396 e. The highest BCUT2D eigenvalue weighted by atomic mass is 19.4. The van der Waals surface area contributed by atoms with Crippen molar-refractivity contribution in [3.63, 3.8) is 0 Å². The number of aliphatic hydroxyl groups is 1. The molecule has 1 amide bonds. The summed E-state index contributed by atoms with van der Waals surface area (Å²) in [4.78, 5) is 12.1. The first kappa shape index (κ1) is 18.0. The molecule has 0 saturated carbocycles. The van der Waals surface area contributed by atoms with E-state index in [-0.39, 0.29) is 18.5 Å². The van der Waals surface area contributed by atoms with Crippen LogP contribution in [0.15, 0.2) is 30.5 Å². The van der Waals surface area contributed by atoms with Crippen LogP contribution in [0.2, 0.25) is 0 Å². The number of halogens is 3. The van der Waals surface area contributed by atoms with Crippen LogP contribution >= 0.6 is 0 Å². The van der Waals surface area contributed by atoms with E-state index in [1.54, 1.807) is 12.1 Å². The molecule has 0 aliphatic rings. The van der Waals surface area contributed by atoms with Gasteiger partial charge in [-0.1, -0.05) is 25.1 Å². The Bertz CT molecular complexity index is 711. The molecule has 24 heavy (non-hydrogen) atoms. The van der Waals surface area contributed by atoms with Gasteiger partial charge in [0.1, 0.15) is 6.54 Å². The van der Waals surface area contributed by atoms with E-state index in [1.165, 1.54) is 0 Å². The summed E-state index contributed by atoms with van der Waals surface area (Å²) in [5.41, 5.74) is 0.358. The number of aromatic nitrogens is 2. The van der Waals surface area contributed by atoms with Crippen LogP contribution < -0.4 is 5.32 Å². The maximum absolute atomic E-state index is 12.9. The molecule has 0 aliphatic carbocycles. The average molecular weight is 341 g/mol. The number of carbonyl (C=O) groups is 1. The summed E-state index contributed by atoms with van der Waals surface area (Å²) in [6.07, 6.45) is -2.93. The second kappa shape index (κ2) is 7.48. The molecular weight excluding hydrogens is 323 g/mol. The van der Waals surface area contributed by atoms with E-state index >= 15 is 0 Å². The van der Waals surface area contributed by atoms with Crippen molar-refractivity contribution in [1.29, 1.82) is 0 Å². The number of aryl methyl sites for hydroxylation is 1. The molecule has 8 heteroatoms. The fourth-order valence-corrected chi connectivity index (χ4v) is 2.37. The first-order valence-corrected chi connectivity index (χ1v) is 7.47. The van der Waals surface area contributed by atoms with E-state index in [0.717, 1.165) is 22.9 Å². The van der Waals surface area contributed by atoms with Crippen molar-refractivity contribution < 1.29 is 23.1 Å². The Hall–Kier alpha value is -2.35. The van der Waals surface area contributed by atoms with Crippen LogP contribution in [0, 0.1) is 0 Å². The summed E-state index contributed by atoms with van der Waals surface area (Å²) >= 11 is 0. The average Bonchev–Trinajstić information content (AvgIpc) is 2.91. The molecule has 1 aromatic heterocycles. The highest BCUT2D eigenvalue weighted by molar-refractivity contribution is 5.91. The monoisotopic (exact) mass is 341 g/mol. The van der Waals surface area contributed by atoms with Crippen molar-refractivity contribution in [2.45, 2.75) is 32.5 Å². The third-order valence-corrected chi connectivity index (χ3v) is 3.47. The van der Waals surface area contributed by atoms with Crippen LogP contribution in [0.3, 0.4) is 0 Å². The predicted molar refractivity (Wildman–Crippen MR) is 82.5 cm³/mol. The van der Waals surface area contributed by atoms with Gasteiger partial charge in [0.15, 0.2) is 5.69 Å². The van der Waals surface area contributed by atoms with Crippen molar-refractivity contribution in [1.82, 2.24) is 9.78 Å². The van der Waals surface area contributed by atoms with E-state index in [1.807, 2.05) is 19.1 Å². The van der Waals surface area contributed by atoms with Crippen LogP contribution in [0.25, 0.3) is 0 Å². The smallest absolute Gasteiger partial charge is 0.396 e. The Labute approximate surface area is 137 Å². The molecule has 0 atom stereocenters. The number of benzene rings is 1. The molecule has 0 aliphatic heterocycles. The van der Waals surface area contributed by atoms with Crippen molar-refractivity contribution in [2.24, 2.45) is 0 Å². The standard InChI is InChI=1S/C16H18F3N3O2/c1-2-11-5-3-4-6-13(11)20-14(24)10-22-9-12(7-8-23)15(21-22)16(17,18)19/h3-6,9,23H,2,7-8,10H2,1H3,(H,20,24). The lowest BCUT2D eigenvalue weighted by atomic mass is 10.1. The minimum absolute atomic E-state index is 0.133. The van der Waals surface area contributed by atoms with Gasteiger partial charge < -0.3 is 10.4 Å². The summed E-state index contributed by atoms with van der Waals surface area (Å²) in [7, 11) is 0. The molecule has 0 unspecified atom stereocenters. The summed E-state index contributed by atoms with van der Waals surface area (Å²) in [6.45, 7) is 1.17. The van der Waals surface area contributed by atoms with E-state index in [0.29, 0.717) is 5.69 Å². The maximum Gasteiger partial charge on any atom is 0.435 e. The van der Waals surface area contributed by atoms with Crippen molar-refractivity contribution in [3.8, 4) is 0 Å². The van der Waals surface area contributed by atoms with Crippen molar-refractivity contribution >= 4 is 11.6 Å². The van der Waals surface area contributed by atoms with Gasteiger partial charge in [0.05, 0.1) is 0 Å². The normalized spacial score (nSPS) is 11.5. The first-order chi connectivity index (χ1) is 11.3. The molecule has 2 rings (SSSR count). The lowest BCUT2D eigenvalue weighted by Crippen LogP contribution is -2.20. The molecule has 0 bridgehead atoms. The van der Waals surface area contributed by atoms with Gasteiger partial charge in [-0.25, -0.2) is 0 Å². The molecule has 0 fully saturated rings. The Kier molecular flexibility index (Phi) is 5.61. The van der Waals surface area contributed by atoms with Gasteiger partial charge in [-0.05, 0) is 24.5 Å². The van der Waals surface area contributed by atoms with Gasteiger partial charge in [-0.3, -0.25) is 9.48 Å². The fourth-order valence-electron chi connectivity index (χ4n) is 2.37. The molecule has 0 saturated heterocycles. The number of anilines is 1. The number of carbonyl (C=O) groups excluding carboxylic acids is 1. The van der Waals surface area contributed by atoms with Gasteiger partial charge in [0.2, 0.25) is 5.91 Å². The van der Waals surface area contributed by atoms with E-state index in [4.69, 9.17) is 5.11 Å². The third-order valence-electron chi connectivity index (χ3n) is 3.47. The molecule has 1 aromatic carbocycles. The summed E-state index contributed by atoms with van der Waals surface area (Å²) in [6, 6.07) is 7.21. The van der Waals surface area contributed by atoms with Crippen LogP contribution in [-0.2, 0) is 30.4 Å². The SMILES string of the molecule is CCc1ccccc1NC(=O)Cn1cc(CCO)c(C(F)(F)F)n1. The molecule has 5 nitrogen and oxygen atoms in total. The molecular formula is C16H18F3N3O2. The zero-order valence-corrected chi connectivity index (χ0v) is 13.1. The Morgan fingerprint density at radius 2 is 2.00 bits per heavy atom.